The number of nitrogens with one attached hydrogen (secondary N) is 1. The quantitative estimate of drug-likeness (QED) is 0.748. The number of hydrogen-bond donors (Lipinski definition) is 2. The van der Waals surface area contributed by atoms with Gasteiger partial charge < -0.3 is 15.2 Å². The van der Waals surface area contributed by atoms with Gasteiger partial charge in [-0.2, -0.15) is 0 Å². The smallest absolute Gasteiger partial charge is 0.308 e. The Labute approximate surface area is 100 Å². The average Bonchev–Trinajstić information content (AvgIpc) is 2.34. The highest BCUT2D eigenvalue weighted by Gasteiger charge is 2.16. The van der Waals surface area contributed by atoms with Gasteiger partial charge in [-0.3, -0.25) is 4.79 Å². The topological polar surface area (TPSA) is 84.3 Å². The summed E-state index contributed by atoms with van der Waals surface area (Å²) in [5.74, 6) is -0.176. The zero-order valence-corrected chi connectivity index (χ0v) is 10.0. The number of ether oxygens (including phenoxy) is 1. The van der Waals surface area contributed by atoms with E-state index in [1.165, 1.54) is 13.4 Å². The summed E-state index contributed by atoms with van der Waals surface area (Å²) in [4.78, 5) is 18.8. The Morgan fingerprint density at radius 1 is 1.59 bits per heavy atom. The van der Waals surface area contributed by atoms with E-state index in [1.807, 2.05) is 6.92 Å². The highest BCUT2D eigenvalue weighted by Crippen LogP contribution is 2.12. The molecule has 0 aliphatic carbocycles. The standard InChI is InChI=1S/C11H17N3O3/c1-3-4-8(11(15)16)6-12-9-5-10(17-2)14-7-13-9/h5,7-8H,3-4,6H2,1-2H3,(H,15,16)(H,12,13,14). The van der Waals surface area contributed by atoms with Gasteiger partial charge in [-0.1, -0.05) is 13.3 Å². The van der Waals surface area contributed by atoms with Crippen LogP contribution in [0.25, 0.3) is 0 Å². The number of nitrogens with zero attached hydrogens (tertiary/aromatic N) is 2. The summed E-state index contributed by atoms with van der Waals surface area (Å²) in [5.41, 5.74) is 0. The second kappa shape index (κ2) is 6.67. The number of carbonyl (C=O) groups is 1. The van der Waals surface area contributed by atoms with Crippen LogP contribution < -0.4 is 10.1 Å². The lowest BCUT2D eigenvalue weighted by Gasteiger charge is -2.12. The van der Waals surface area contributed by atoms with Gasteiger partial charge in [-0.05, 0) is 6.42 Å². The molecule has 6 nitrogen and oxygen atoms in total. The minimum Gasteiger partial charge on any atom is -0.481 e. The average molecular weight is 239 g/mol. The molecule has 0 aromatic carbocycles. The molecule has 1 heterocycles. The van der Waals surface area contributed by atoms with E-state index in [0.29, 0.717) is 24.7 Å². The summed E-state index contributed by atoms with van der Waals surface area (Å²) in [6.45, 7) is 2.31. The van der Waals surface area contributed by atoms with E-state index >= 15 is 0 Å². The first-order chi connectivity index (χ1) is 8.17. The van der Waals surface area contributed by atoms with E-state index in [1.54, 1.807) is 6.07 Å². The summed E-state index contributed by atoms with van der Waals surface area (Å²) in [7, 11) is 1.52. The molecule has 1 aromatic rings. The van der Waals surface area contributed by atoms with Crippen molar-refractivity contribution in [2.45, 2.75) is 19.8 Å². The van der Waals surface area contributed by atoms with Crippen molar-refractivity contribution in [1.29, 1.82) is 0 Å². The van der Waals surface area contributed by atoms with Gasteiger partial charge in [0.2, 0.25) is 5.88 Å². The van der Waals surface area contributed by atoms with Crippen molar-refractivity contribution in [3.05, 3.63) is 12.4 Å². The fourth-order valence-corrected chi connectivity index (χ4v) is 1.44. The van der Waals surface area contributed by atoms with Gasteiger partial charge in [-0.15, -0.1) is 0 Å². The summed E-state index contributed by atoms with van der Waals surface area (Å²) < 4.78 is 4.95. The van der Waals surface area contributed by atoms with Crippen LogP contribution in [-0.2, 0) is 4.79 Å². The molecule has 1 rings (SSSR count). The van der Waals surface area contributed by atoms with Crippen molar-refractivity contribution >= 4 is 11.8 Å². The highest BCUT2D eigenvalue weighted by molar-refractivity contribution is 5.70. The number of carboxylic acids is 1. The normalized spacial score (nSPS) is 11.9. The first-order valence-corrected chi connectivity index (χ1v) is 5.50. The molecule has 0 bridgehead atoms. The van der Waals surface area contributed by atoms with Crippen molar-refractivity contribution in [3.63, 3.8) is 0 Å². The van der Waals surface area contributed by atoms with E-state index < -0.39 is 11.9 Å². The lowest BCUT2D eigenvalue weighted by atomic mass is 10.0. The Hall–Kier alpha value is -1.85. The van der Waals surface area contributed by atoms with Crippen molar-refractivity contribution in [2.24, 2.45) is 5.92 Å². The maximum absolute atomic E-state index is 10.9. The molecule has 1 unspecified atom stereocenters. The van der Waals surface area contributed by atoms with E-state index in [2.05, 4.69) is 15.3 Å². The van der Waals surface area contributed by atoms with Gasteiger partial charge in [0, 0.05) is 12.6 Å². The maximum atomic E-state index is 10.9. The Kier molecular flexibility index (Phi) is 5.19. The minimum absolute atomic E-state index is 0.351. The maximum Gasteiger partial charge on any atom is 0.308 e. The van der Waals surface area contributed by atoms with Crippen molar-refractivity contribution < 1.29 is 14.6 Å². The predicted molar refractivity (Wildman–Crippen MR) is 63.1 cm³/mol. The zero-order valence-electron chi connectivity index (χ0n) is 10.0. The second-order valence-corrected chi connectivity index (χ2v) is 3.65. The van der Waals surface area contributed by atoms with Crippen LogP contribution in [-0.4, -0.2) is 34.7 Å². The Morgan fingerprint density at radius 2 is 2.35 bits per heavy atom. The Balaban J connectivity index is 2.55. The molecule has 0 aliphatic heterocycles. The molecule has 2 N–H and O–H groups in total. The van der Waals surface area contributed by atoms with E-state index in [9.17, 15) is 4.79 Å². The molecular weight excluding hydrogens is 222 g/mol. The van der Waals surface area contributed by atoms with Gasteiger partial charge in [0.05, 0.1) is 13.0 Å². The van der Waals surface area contributed by atoms with Crippen molar-refractivity contribution in [1.82, 2.24) is 9.97 Å². The lowest BCUT2D eigenvalue weighted by molar-refractivity contribution is -0.141. The molecular formula is C11H17N3O3. The molecule has 94 valence electrons. The molecule has 0 radical (unpaired) electrons. The Morgan fingerprint density at radius 3 is 2.94 bits per heavy atom. The number of methoxy groups -OCH3 is 1. The Bertz CT molecular complexity index is 371. The summed E-state index contributed by atoms with van der Waals surface area (Å²) in [5, 5.41) is 12.0. The molecule has 1 atom stereocenters. The van der Waals surface area contributed by atoms with Crippen LogP contribution in [0.2, 0.25) is 0 Å². The molecule has 0 aliphatic rings. The second-order valence-electron chi connectivity index (χ2n) is 3.65. The molecule has 17 heavy (non-hydrogen) atoms. The van der Waals surface area contributed by atoms with E-state index in [0.717, 1.165) is 6.42 Å². The number of aliphatic carboxylic acids is 1. The van der Waals surface area contributed by atoms with E-state index in [4.69, 9.17) is 9.84 Å². The summed E-state index contributed by atoms with van der Waals surface area (Å²) in [6, 6.07) is 1.63. The third kappa shape index (κ3) is 4.26. The van der Waals surface area contributed by atoms with Crippen LogP contribution >= 0.6 is 0 Å². The van der Waals surface area contributed by atoms with E-state index in [-0.39, 0.29) is 0 Å². The highest BCUT2D eigenvalue weighted by atomic mass is 16.5. The van der Waals surface area contributed by atoms with Gasteiger partial charge >= 0.3 is 5.97 Å². The van der Waals surface area contributed by atoms with Crippen molar-refractivity contribution in [2.75, 3.05) is 19.0 Å². The minimum atomic E-state index is -0.791. The first kappa shape index (κ1) is 13.2. The predicted octanol–water partition coefficient (Wildman–Crippen LogP) is 1.40. The molecule has 6 heteroatoms. The van der Waals surface area contributed by atoms with Crippen LogP contribution in [0.15, 0.2) is 12.4 Å². The van der Waals surface area contributed by atoms with Gasteiger partial charge in [-0.25, -0.2) is 9.97 Å². The van der Waals surface area contributed by atoms with Gasteiger partial charge in [0.15, 0.2) is 0 Å². The number of carboxylic acid groups (broad SMARTS) is 1. The van der Waals surface area contributed by atoms with Crippen LogP contribution in [0.1, 0.15) is 19.8 Å². The monoisotopic (exact) mass is 239 g/mol. The lowest BCUT2D eigenvalue weighted by Crippen LogP contribution is -2.23. The SMILES string of the molecule is CCCC(CNc1cc(OC)ncn1)C(=O)O. The number of anilines is 1. The molecule has 0 saturated heterocycles. The number of rotatable bonds is 7. The fourth-order valence-electron chi connectivity index (χ4n) is 1.44. The van der Waals surface area contributed by atoms with Gasteiger partial charge in [0.25, 0.3) is 0 Å². The third-order valence-corrected chi connectivity index (χ3v) is 2.37. The number of hydrogen-bond acceptors (Lipinski definition) is 5. The molecule has 1 aromatic heterocycles. The summed E-state index contributed by atoms with van der Waals surface area (Å²) >= 11 is 0. The van der Waals surface area contributed by atoms with Crippen LogP contribution in [0, 0.1) is 5.92 Å². The summed E-state index contributed by atoms with van der Waals surface area (Å²) in [6.07, 6.45) is 2.85. The fraction of sp³-hybridized carbons (Fsp3) is 0.545. The molecule has 0 spiro atoms. The zero-order chi connectivity index (χ0) is 12.7. The largest absolute Gasteiger partial charge is 0.481 e. The third-order valence-electron chi connectivity index (χ3n) is 2.37. The van der Waals surface area contributed by atoms with Crippen LogP contribution in [0.4, 0.5) is 5.82 Å². The number of aromatic nitrogens is 2. The van der Waals surface area contributed by atoms with Crippen LogP contribution in [0.3, 0.4) is 0 Å². The first-order valence-electron chi connectivity index (χ1n) is 5.50. The molecule has 0 amide bonds. The van der Waals surface area contributed by atoms with Gasteiger partial charge in [0.1, 0.15) is 12.1 Å². The molecule has 0 saturated carbocycles. The molecule has 0 fully saturated rings. The van der Waals surface area contributed by atoms with Crippen LogP contribution in [0.5, 0.6) is 5.88 Å². The van der Waals surface area contributed by atoms with Crippen molar-refractivity contribution in [3.8, 4) is 5.88 Å².